The molecule has 0 aliphatic heterocycles. The molecule has 5 nitrogen and oxygen atoms in total. The molecule has 2 bridgehead atoms. The van der Waals surface area contributed by atoms with Gasteiger partial charge in [0.1, 0.15) is 5.75 Å². The average Bonchev–Trinajstić information content (AvgIpc) is 2.63. The summed E-state index contributed by atoms with van der Waals surface area (Å²) in [5.74, 6) is 0.787. The number of carbonyl (C=O) groups is 1. The van der Waals surface area contributed by atoms with Crippen LogP contribution in [0.4, 0.5) is 13.2 Å². The van der Waals surface area contributed by atoms with E-state index >= 15 is 0 Å². The molecule has 2 unspecified atom stereocenters. The molecule has 0 heterocycles. The van der Waals surface area contributed by atoms with Crippen LogP contribution >= 0.6 is 0 Å². The van der Waals surface area contributed by atoms with E-state index in [9.17, 15) is 26.4 Å². The minimum Gasteiger partial charge on any atom is -0.493 e. The van der Waals surface area contributed by atoms with Crippen molar-refractivity contribution in [3.05, 3.63) is 29.3 Å². The first-order chi connectivity index (χ1) is 14.0. The van der Waals surface area contributed by atoms with Gasteiger partial charge in [-0.15, -0.1) is 0 Å². The lowest BCUT2D eigenvalue weighted by Crippen LogP contribution is -2.29. The van der Waals surface area contributed by atoms with Gasteiger partial charge in [0.15, 0.2) is 0 Å². The van der Waals surface area contributed by atoms with Crippen LogP contribution in [0.25, 0.3) is 0 Å². The predicted octanol–water partition coefficient (Wildman–Crippen LogP) is 4.77. The minimum absolute atomic E-state index is 0.170. The van der Waals surface area contributed by atoms with Crippen molar-refractivity contribution < 1.29 is 31.1 Å². The van der Waals surface area contributed by atoms with Crippen molar-refractivity contribution in [2.45, 2.75) is 57.5 Å². The Hall–Kier alpha value is -1.77. The van der Waals surface area contributed by atoms with Crippen molar-refractivity contribution in [2.24, 2.45) is 17.8 Å². The van der Waals surface area contributed by atoms with Crippen LogP contribution in [0.15, 0.2) is 18.2 Å². The number of hydrogen-bond acceptors (Lipinski definition) is 4. The van der Waals surface area contributed by atoms with Crippen LogP contribution in [0.3, 0.4) is 0 Å². The summed E-state index contributed by atoms with van der Waals surface area (Å²) in [5.41, 5.74) is -1.48. The quantitative estimate of drug-likeness (QED) is 0.611. The third-order valence-corrected chi connectivity index (χ3v) is 6.62. The van der Waals surface area contributed by atoms with Crippen molar-refractivity contribution in [1.29, 1.82) is 0 Å². The van der Waals surface area contributed by atoms with Gasteiger partial charge in [-0.1, -0.05) is 19.3 Å². The summed E-state index contributed by atoms with van der Waals surface area (Å²) in [6.45, 7) is 0.170. The van der Waals surface area contributed by atoms with Gasteiger partial charge in [0.2, 0.25) is 10.0 Å². The fraction of sp³-hybridized carbons (Fsp3) is 0.667. The van der Waals surface area contributed by atoms with Crippen molar-refractivity contribution in [3.8, 4) is 5.75 Å². The second-order valence-electron chi connectivity index (χ2n) is 8.64. The number of hydrogen-bond donors (Lipinski definition) is 1. The van der Waals surface area contributed by atoms with Crippen LogP contribution in [-0.4, -0.2) is 27.2 Å². The van der Waals surface area contributed by atoms with Crippen LogP contribution in [0.1, 0.15) is 67.3 Å². The van der Waals surface area contributed by atoms with Gasteiger partial charge in [-0.05, 0) is 68.1 Å². The summed E-state index contributed by atoms with van der Waals surface area (Å²) in [6.07, 6.45) is 5.36. The third kappa shape index (κ3) is 6.36. The molecule has 9 heteroatoms. The van der Waals surface area contributed by atoms with Crippen LogP contribution in [0.2, 0.25) is 0 Å². The summed E-state index contributed by atoms with van der Waals surface area (Å²) in [4.78, 5) is 11.9. The normalized spacial score (nSPS) is 24.3. The van der Waals surface area contributed by atoms with E-state index in [1.165, 1.54) is 38.5 Å². The molecule has 3 rings (SSSR count). The second kappa shape index (κ2) is 9.16. The molecule has 2 fully saturated rings. The highest BCUT2D eigenvalue weighted by atomic mass is 32.2. The topological polar surface area (TPSA) is 72.5 Å². The number of benzene rings is 1. The van der Waals surface area contributed by atoms with Crippen molar-refractivity contribution >= 4 is 15.9 Å². The number of fused-ring (bicyclic) bond motifs is 2. The predicted molar refractivity (Wildman–Crippen MR) is 107 cm³/mol. The maximum atomic E-state index is 13.4. The highest BCUT2D eigenvalue weighted by molar-refractivity contribution is 7.89. The molecule has 2 atom stereocenters. The summed E-state index contributed by atoms with van der Waals surface area (Å²) in [7, 11) is -3.88. The van der Waals surface area contributed by atoms with Gasteiger partial charge in [0.25, 0.3) is 5.91 Å². The number of alkyl halides is 3. The Bertz CT molecular complexity index is 857. The molecule has 1 N–H and O–H groups in total. The van der Waals surface area contributed by atoms with E-state index in [-0.39, 0.29) is 12.4 Å². The SMILES string of the molecule is CS(=O)(=O)NC(=O)c1ccc(OCCCC2CC3CCCC(C2)C3)c(C(F)(F)F)c1. The van der Waals surface area contributed by atoms with E-state index in [2.05, 4.69) is 0 Å². The van der Waals surface area contributed by atoms with Crippen LogP contribution in [0.5, 0.6) is 5.75 Å². The first-order valence-electron chi connectivity index (χ1n) is 10.4. The van der Waals surface area contributed by atoms with Gasteiger partial charge in [-0.2, -0.15) is 13.2 Å². The van der Waals surface area contributed by atoms with Gasteiger partial charge in [0, 0.05) is 5.56 Å². The number of nitrogens with one attached hydrogen (secondary N) is 1. The molecule has 0 spiro atoms. The molecule has 1 amide bonds. The molecule has 0 radical (unpaired) electrons. The van der Waals surface area contributed by atoms with Crippen molar-refractivity contribution in [1.82, 2.24) is 4.72 Å². The molecule has 30 heavy (non-hydrogen) atoms. The fourth-order valence-corrected chi connectivity index (χ4v) is 5.36. The molecule has 0 saturated heterocycles. The zero-order valence-electron chi connectivity index (χ0n) is 17.0. The first kappa shape index (κ1) is 22.9. The molecule has 2 saturated carbocycles. The van der Waals surface area contributed by atoms with E-state index in [1.54, 1.807) is 4.72 Å². The zero-order chi connectivity index (χ0) is 21.9. The molecule has 168 valence electrons. The number of halogens is 3. The number of carbonyl (C=O) groups excluding carboxylic acids is 1. The molecule has 2 aliphatic rings. The van der Waals surface area contributed by atoms with E-state index in [0.29, 0.717) is 18.4 Å². The molecular weight excluding hydrogens is 419 g/mol. The highest BCUT2D eigenvalue weighted by Gasteiger charge is 2.35. The minimum atomic E-state index is -4.72. The third-order valence-electron chi connectivity index (χ3n) is 6.06. The van der Waals surface area contributed by atoms with Gasteiger partial charge in [-0.3, -0.25) is 4.79 Å². The standard InChI is InChI=1S/C21H28F3NO4S/c1-30(27,28)25-20(26)17-7-8-19(18(13-17)21(22,23)24)29-9-3-6-16-11-14-4-2-5-15(10-14)12-16/h7-8,13-16H,2-6,9-12H2,1H3,(H,25,26). The van der Waals surface area contributed by atoms with Crippen LogP contribution < -0.4 is 9.46 Å². The van der Waals surface area contributed by atoms with E-state index in [4.69, 9.17) is 4.74 Å². The lowest BCUT2D eigenvalue weighted by Gasteiger charge is -2.39. The maximum Gasteiger partial charge on any atom is 0.419 e. The zero-order valence-corrected chi connectivity index (χ0v) is 17.8. The summed E-state index contributed by atoms with van der Waals surface area (Å²) in [5, 5.41) is 0. The highest BCUT2D eigenvalue weighted by Crippen LogP contribution is 2.44. The van der Waals surface area contributed by atoms with Crippen LogP contribution in [-0.2, 0) is 16.2 Å². The van der Waals surface area contributed by atoms with Gasteiger partial charge in [-0.25, -0.2) is 13.1 Å². The van der Waals surface area contributed by atoms with Gasteiger partial charge >= 0.3 is 6.18 Å². The lowest BCUT2D eigenvalue weighted by molar-refractivity contribution is -0.139. The number of rotatable bonds is 7. The van der Waals surface area contributed by atoms with Crippen molar-refractivity contribution in [2.75, 3.05) is 12.9 Å². The monoisotopic (exact) mass is 447 g/mol. The Balaban J connectivity index is 1.59. The largest absolute Gasteiger partial charge is 0.493 e. The average molecular weight is 448 g/mol. The van der Waals surface area contributed by atoms with Gasteiger partial charge < -0.3 is 4.74 Å². The first-order valence-corrected chi connectivity index (χ1v) is 12.3. The molecular formula is C21H28F3NO4S. The van der Waals surface area contributed by atoms with E-state index in [0.717, 1.165) is 36.6 Å². The van der Waals surface area contributed by atoms with Gasteiger partial charge in [0.05, 0.1) is 18.4 Å². The van der Waals surface area contributed by atoms with Crippen molar-refractivity contribution in [3.63, 3.8) is 0 Å². The molecule has 2 aliphatic carbocycles. The molecule has 1 aromatic rings. The Kier molecular flexibility index (Phi) is 6.99. The Morgan fingerprint density at radius 2 is 1.83 bits per heavy atom. The maximum absolute atomic E-state index is 13.4. The fourth-order valence-electron chi connectivity index (χ4n) is 4.91. The Morgan fingerprint density at radius 1 is 1.17 bits per heavy atom. The van der Waals surface area contributed by atoms with Crippen LogP contribution in [0, 0.1) is 17.8 Å². The smallest absolute Gasteiger partial charge is 0.419 e. The number of ether oxygens (including phenoxy) is 1. The number of amides is 1. The summed E-state index contributed by atoms with van der Waals surface area (Å²) < 4.78 is 69.7. The summed E-state index contributed by atoms with van der Waals surface area (Å²) in [6, 6.07) is 2.83. The second-order valence-corrected chi connectivity index (χ2v) is 10.4. The Labute approximate surface area is 175 Å². The number of sulfonamides is 1. The Morgan fingerprint density at radius 3 is 2.43 bits per heavy atom. The lowest BCUT2D eigenvalue weighted by atomic mass is 9.67. The summed E-state index contributed by atoms with van der Waals surface area (Å²) >= 11 is 0. The van der Waals surface area contributed by atoms with E-state index < -0.39 is 33.2 Å². The molecule has 1 aromatic carbocycles. The van der Waals surface area contributed by atoms with E-state index in [1.807, 2.05) is 0 Å². The molecule has 0 aromatic heterocycles.